The van der Waals surface area contributed by atoms with Crippen molar-refractivity contribution < 1.29 is 9.90 Å². The number of hydrogen-bond acceptors (Lipinski definition) is 4. The van der Waals surface area contributed by atoms with E-state index in [1.807, 2.05) is 17.7 Å². The molecule has 21 heavy (non-hydrogen) atoms. The van der Waals surface area contributed by atoms with Gasteiger partial charge in [0, 0.05) is 17.8 Å². The number of thiophene rings is 2. The van der Waals surface area contributed by atoms with Gasteiger partial charge in [-0.15, -0.1) is 11.3 Å². The lowest BCUT2D eigenvalue weighted by molar-refractivity contribution is 0.0940. The third-order valence-electron chi connectivity index (χ3n) is 2.81. The van der Waals surface area contributed by atoms with Gasteiger partial charge >= 0.3 is 0 Å². The first-order chi connectivity index (χ1) is 10.2. The van der Waals surface area contributed by atoms with Crippen LogP contribution in [0, 0.1) is 11.8 Å². The van der Waals surface area contributed by atoms with Crippen molar-refractivity contribution in [2.75, 3.05) is 6.61 Å². The lowest BCUT2D eigenvalue weighted by atomic mass is 10.1. The number of carbonyl (C=O) groups excluding carboxylic acids is 1. The Labute approximate surface area is 132 Å². The van der Waals surface area contributed by atoms with Crippen LogP contribution in [0.4, 0.5) is 0 Å². The molecule has 0 saturated carbocycles. The number of carbonyl (C=O) groups is 1. The van der Waals surface area contributed by atoms with E-state index in [4.69, 9.17) is 5.11 Å². The summed E-state index contributed by atoms with van der Waals surface area (Å²) in [5.41, 5.74) is 1.89. The van der Waals surface area contributed by atoms with E-state index in [9.17, 15) is 4.79 Å². The number of amides is 1. The molecule has 110 valence electrons. The molecule has 0 aliphatic heterocycles. The van der Waals surface area contributed by atoms with Gasteiger partial charge in [-0.05, 0) is 41.8 Å². The zero-order valence-corrected chi connectivity index (χ0v) is 13.4. The molecule has 1 unspecified atom stereocenters. The van der Waals surface area contributed by atoms with Crippen LogP contribution in [-0.2, 0) is 6.42 Å². The van der Waals surface area contributed by atoms with E-state index < -0.39 is 0 Å². The fourth-order valence-electron chi connectivity index (χ4n) is 1.85. The van der Waals surface area contributed by atoms with Crippen LogP contribution in [0.15, 0.2) is 28.3 Å². The Morgan fingerprint density at radius 3 is 3.05 bits per heavy atom. The van der Waals surface area contributed by atoms with Crippen LogP contribution in [0.25, 0.3) is 0 Å². The molecule has 0 radical (unpaired) electrons. The van der Waals surface area contributed by atoms with E-state index in [0.29, 0.717) is 12.0 Å². The van der Waals surface area contributed by atoms with Crippen molar-refractivity contribution in [1.82, 2.24) is 5.32 Å². The van der Waals surface area contributed by atoms with Gasteiger partial charge in [0.05, 0.1) is 17.0 Å². The first kappa shape index (κ1) is 15.8. The quantitative estimate of drug-likeness (QED) is 0.833. The smallest absolute Gasteiger partial charge is 0.252 e. The molecule has 5 heteroatoms. The number of hydrogen-bond donors (Lipinski definition) is 2. The highest BCUT2D eigenvalue weighted by Crippen LogP contribution is 2.14. The Kier molecular flexibility index (Phi) is 6.00. The first-order valence-electron chi connectivity index (χ1n) is 6.69. The molecule has 2 aromatic heterocycles. The third-order valence-corrected chi connectivity index (χ3v) is 4.39. The summed E-state index contributed by atoms with van der Waals surface area (Å²) in [5.74, 6) is 5.73. The van der Waals surface area contributed by atoms with Gasteiger partial charge in [0.2, 0.25) is 0 Å². The highest BCUT2D eigenvalue weighted by atomic mass is 32.1. The van der Waals surface area contributed by atoms with Gasteiger partial charge in [-0.2, -0.15) is 11.3 Å². The van der Waals surface area contributed by atoms with Gasteiger partial charge in [-0.25, -0.2) is 0 Å². The average molecular weight is 319 g/mol. The molecule has 0 bridgehead atoms. The molecule has 0 fully saturated rings. The largest absolute Gasteiger partial charge is 0.395 e. The lowest BCUT2D eigenvalue weighted by Gasteiger charge is -2.12. The molecular weight excluding hydrogens is 302 g/mol. The van der Waals surface area contributed by atoms with Gasteiger partial charge in [0.1, 0.15) is 0 Å². The Hall–Kier alpha value is -1.61. The van der Waals surface area contributed by atoms with Crippen molar-refractivity contribution in [3.63, 3.8) is 0 Å². The number of aliphatic hydroxyl groups excluding tert-OH is 1. The van der Waals surface area contributed by atoms with Crippen LogP contribution >= 0.6 is 22.7 Å². The summed E-state index contributed by atoms with van der Waals surface area (Å²) in [6.45, 7) is 2.07. The Morgan fingerprint density at radius 1 is 1.48 bits per heavy atom. The summed E-state index contributed by atoms with van der Waals surface area (Å²) in [6, 6.07) is 3.96. The molecule has 2 rings (SSSR count). The number of rotatable bonds is 5. The van der Waals surface area contributed by atoms with E-state index in [2.05, 4.69) is 28.6 Å². The van der Waals surface area contributed by atoms with Crippen LogP contribution in [0.1, 0.15) is 34.1 Å². The minimum atomic E-state index is -0.0656. The van der Waals surface area contributed by atoms with Crippen LogP contribution in [0.2, 0.25) is 0 Å². The summed E-state index contributed by atoms with van der Waals surface area (Å²) in [5, 5.41) is 17.6. The van der Waals surface area contributed by atoms with Crippen molar-refractivity contribution in [1.29, 1.82) is 0 Å². The predicted molar refractivity (Wildman–Crippen MR) is 87.9 cm³/mol. The number of nitrogens with one attached hydrogen (secondary N) is 1. The SMILES string of the molecule is CC(Cc1ccsc1)NC(=O)c1csc(C#CCCO)c1. The molecule has 0 saturated heterocycles. The zero-order valence-electron chi connectivity index (χ0n) is 11.8. The van der Waals surface area contributed by atoms with Gasteiger partial charge in [-0.3, -0.25) is 4.79 Å². The normalized spacial score (nSPS) is 11.5. The average Bonchev–Trinajstić information content (AvgIpc) is 3.10. The summed E-state index contributed by atoms with van der Waals surface area (Å²) in [6.07, 6.45) is 1.29. The fraction of sp³-hybridized carbons (Fsp3) is 0.312. The lowest BCUT2D eigenvalue weighted by Crippen LogP contribution is -2.33. The Bertz CT molecular complexity index is 635. The number of aliphatic hydroxyl groups is 1. The van der Waals surface area contributed by atoms with Crippen molar-refractivity contribution in [2.24, 2.45) is 0 Å². The third kappa shape index (κ3) is 5.01. The van der Waals surface area contributed by atoms with Crippen molar-refractivity contribution in [2.45, 2.75) is 25.8 Å². The van der Waals surface area contributed by atoms with Gasteiger partial charge < -0.3 is 10.4 Å². The monoisotopic (exact) mass is 319 g/mol. The molecule has 2 aromatic rings. The zero-order chi connectivity index (χ0) is 15.1. The maximum atomic E-state index is 12.1. The molecule has 1 amide bonds. The first-order valence-corrected chi connectivity index (χ1v) is 8.51. The van der Waals surface area contributed by atoms with E-state index in [1.54, 1.807) is 17.4 Å². The molecule has 0 aliphatic carbocycles. The standard InChI is InChI=1S/C16H17NO2S2/c1-12(8-13-5-7-20-10-13)17-16(19)14-9-15(21-11-14)4-2-3-6-18/h5,7,9-12,18H,3,6,8H2,1H3,(H,17,19). The topological polar surface area (TPSA) is 49.3 Å². The van der Waals surface area contributed by atoms with Crippen molar-refractivity contribution in [3.05, 3.63) is 44.3 Å². The Morgan fingerprint density at radius 2 is 2.33 bits per heavy atom. The highest BCUT2D eigenvalue weighted by Gasteiger charge is 2.12. The molecule has 2 heterocycles. The van der Waals surface area contributed by atoms with E-state index in [0.717, 1.165) is 11.3 Å². The van der Waals surface area contributed by atoms with Crippen molar-refractivity contribution in [3.8, 4) is 11.8 Å². The van der Waals surface area contributed by atoms with E-state index >= 15 is 0 Å². The maximum absolute atomic E-state index is 12.1. The Balaban J connectivity index is 1.90. The van der Waals surface area contributed by atoms with Crippen LogP contribution in [0.3, 0.4) is 0 Å². The van der Waals surface area contributed by atoms with Crippen molar-refractivity contribution >= 4 is 28.6 Å². The second kappa shape index (κ2) is 7.99. The second-order valence-electron chi connectivity index (χ2n) is 4.69. The van der Waals surface area contributed by atoms with Crippen LogP contribution in [-0.4, -0.2) is 23.7 Å². The van der Waals surface area contributed by atoms with E-state index in [1.165, 1.54) is 16.9 Å². The second-order valence-corrected chi connectivity index (χ2v) is 6.38. The maximum Gasteiger partial charge on any atom is 0.252 e. The minimum Gasteiger partial charge on any atom is -0.395 e. The molecule has 0 aromatic carbocycles. The minimum absolute atomic E-state index is 0.0613. The van der Waals surface area contributed by atoms with Gasteiger partial charge in [-0.1, -0.05) is 11.8 Å². The molecular formula is C16H17NO2S2. The highest BCUT2D eigenvalue weighted by molar-refractivity contribution is 7.10. The summed E-state index contributed by atoms with van der Waals surface area (Å²) >= 11 is 3.11. The molecule has 1 atom stereocenters. The van der Waals surface area contributed by atoms with Crippen LogP contribution in [0.5, 0.6) is 0 Å². The summed E-state index contributed by atoms with van der Waals surface area (Å²) in [4.78, 5) is 13.0. The van der Waals surface area contributed by atoms with Crippen LogP contribution < -0.4 is 5.32 Å². The van der Waals surface area contributed by atoms with Gasteiger partial charge in [0.15, 0.2) is 0 Å². The van der Waals surface area contributed by atoms with E-state index in [-0.39, 0.29) is 18.6 Å². The molecule has 0 aliphatic rings. The molecule has 0 spiro atoms. The predicted octanol–water partition coefficient (Wildman–Crippen LogP) is 2.90. The summed E-state index contributed by atoms with van der Waals surface area (Å²) in [7, 11) is 0. The fourth-order valence-corrected chi connectivity index (χ4v) is 3.28. The molecule has 2 N–H and O–H groups in total. The summed E-state index contributed by atoms with van der Waals surface area (Å²) < 4.78 is 0. The molecule has 3 nitrogen and oxygen atoms in total. The van der Waals surface area contributed by atoms with Gasteiger partial charge in [0.25, 0.3) is 5.91 Å².